The maximum Gasteiger partial charge on any atom is 0.338 e. The lowest BCUT2D eigenvalue weighted by Crippen LogP contribution is -2.40. The second-order valence-electron chi connectivity index (χ2n) is 7.10. The number of morpholine rings is 1. The van der Waals surface area contributed by atoms with E-state index in [0.29, 0.717) is 18.8 Å². The first-order chi connectivity index (χ1) is 14.7. The normalized spacial score (nSPS) is 14.8. The van der Waals surface area contributed by atoms with Crippen molar-refractivity contribution >= 4 is 39.2 Å². The van der Waals surface area contributed by atoms with Crippen LogP contribution in [0.4, 0.5) is 5.69 Å². The summed E-state index contributed by atoms with van der Waals surface area (Å²) in [7, 11) is -3.84. The highest BCUT2D eigenvalue weighted by Crippen LogP contribution is 2.28. The highest BCUT2D eigenvalue weighted by molar-refractivity contribution is 7.89. The number of hydrogen-bond donors (Lipinski definition) is 1. The lowest BCUT2D eigenvalue weighted by atomic mass is 10.1. The fraction of sp³-hybridized carbons (Fsp3) is 0.333. The summed E-state index contributed by atoms with van der Waals surface area (Å²) >= 11 is 6.11. The van der Waals surface area contributed by atoms with E-state index in [1.165, 1.54) is 22.5 Å². The Balaban J connectivity index is 1.66. The first-order valence-corrected chi connectivity index (χ1v) is 11.4. The third kappa shape index (κ3) is 5.62. The number of aryl methyl sites for hydroxylation is 2. The molecule has 1 amide bonds. The number of carbonyl (C=O) groups is 2. The number of anilines is 1. The topological polar surface area (TPSA) is 102 Å². The van der Waals surface area contributed by atoms with Gasteiger partial charge in [0.25, 0.3) is 5.91 Å². The number of nitrogens with zero attached hydrogens (tertiary/aromatic N) is 1. The lowest BCUT2D eigenvalue weighted by Gasteiger charge is -2.26. The maximum atomic E-state index is 12.9. The summed E-state index contributed by atoms with van der Waals surface area (Å²) < 4.78 is 37.3. The van der Waals surface area contributed by atoms with E-state index in [9.17, 15) is 18.0 Å². The Kier molecular flexibility index (Phi) is 7.32. The summed E-state index contributed by atoms with van der Waals surface area (Å²) in [6.45, 7) is 4.24. The molecule has 0 spiro atoms. The number of benzene rings is 2. The molecule has 0 bridgehead atoms. The van der Waals surface area contributed by atoms with Gasteiger partial charge < -0.3 is 14.8 Å². The van der Waals surface area contributed by atoms with Crippen molar-refractivity contribution < 1.29 is 27.5 Å². The first-order valence-electron chi connectivity index (χ1n) is 9.60. The van der Waals surface area contributed by atoms with Gasteiger partial charge in [0.15, 0.2) is 6.61 Å². The molecule has 0 saturated carbocycles. The number of ether oxygens (including phenoxy) is 2. The highest BCUT2D eigenvalue weighted by atomic mass is 35.5. The van der Waals surface area contributed by atoms with Crippen LogP contribution >= 0.6 is 11.6 Å². The molecule has 10 heteroatoms. The van der Waals surface area contributed by atoms with Crippen LogP contribution in [0.15, 0.2) is 41.3 Å². The molecule has 0 radical (unpaired) electrons. The van der Waals surface area contributed by atoms with Crippen molar-refractivity contribution in [2.75, 3.05) is 38.2 Å². The number of nitrogens with one attached hydrogen (secondary N) is 1. The molecule has 8 nitrogen and oxygen atoms in total. The minimum atomic E-state index is -3.84. The zero-order valence-corrected chi connectivity index (χ0v) is 18.8. The van der Waals surface area contributed by atoms with Gasteiger partial charge in [-0.05, 0) is 43.7 Å². The monoisotopic (exact) mass is 466 g/mol. The van der Waals surface area contributed by atoms with Gasteiger partial charge in [-0.15, -0.1) is 0 Å². The Morgan fingerprint density at radius 2 is 1.84 bits per heavy atom. The number of halogens is 1. The summed E-state index contributed by atoms with van der Waals surface area (Å²) in [6.07, 6.45) is 0. The van der Waals surface area contributed by atoms with Crippen molar-refractivity contribution in [3.05, 3.63) is 58.1 Å². The Labute approximate surface area is 186 Å². The third-order valence-electron chi connectivity index (χ3n) is 4.74. The van der Waals surface area contributed by atoms with E-state index in [1.54, 1.807) is 19.1 Å². The number of amides is 1. The van der Waals surface area contributed by atoms with E-state index in [0.717, 1.165) is 11.1 Å². The van der Waals surface area contributed by atoms with Crippen molar-refractivity contribution in [2.45, 2.75) is 18.7 Å². The van der Waals surface area contributed by atoms with Gasteiger partial charge in [0.05, 0.1) is 23.8 Å². The molecule has 3 rings (SSSR count). The van der Waals surface area contributed by atoms with Crippen molar-refractivity contribution in [3.8, 4) is 0 Å². The third-order valence-corrected chi connectivity index (χ3v) is 7.12. The van der Waals surface area contributed by atoms with Gasteiger partial charge in [-0.3, -0.25) is 4.79 Å². The zero-order chi connectivity index (χ0) is 22.6. The van der Waals surface area contributed by atoms with Crippen molar-refractivity contribution in [2.24, 2.45) is 0 Å². The number of rotatable bonds is 6. The Morgan fingerprint density at radius 1 is 1.13 bits per heavy atom. The average molecular weight is 467 g/mol. The fourth-order valence-corrected chi connectivity index (χ4v) is 5.06. The summed E-state index contributed by atoms with van der Waals surface area (Å²) in [4.78, 5) is 24.4. The van der Waals surface area contributed by atoms with Crippen molar-refractivity contribution in [1.29, 1.82) is 0 Å². The van der Waals surface area contributed by atoms with Crippen LogP contribution in [0, 0.1) is 13.8 Å². The molecular weight excluding hydrogens is 444 g/mol. The number of carbonyl (C=O) groups excluding carboxylic acids is 2. The van der Waals surface area contributed by atoms with Gasteiger partial charge in [0.1, 0.15) is 4.90 Å². The smallest absolute Gasteiger partial charge is 0.338 e. The van der Waals surface area contributed by atoms with Crippen LogP contribution in [0.25, 0.3) is 0 Å². The molecule has 1 aliphatic rings. The molecule has 2 aromatic rings. The van der Waals surface area contributed by atoms with E-state index < -0.39 is 28.5 Å². The second-order valence-corrected chi connectivity index (χ2v) is 9.42. The van der Waals surface area contributed by atoms with Gasteiger partial charge >= 0.3 is 5.97 Å². The Morgan fingerprint density at radius 3 is 2.52 bits per heavy atom. The van der Waals surface area contributed by atoms with Crippen LogP contribution in [0.2, 0.25) is 5.02 Å². The summed E-state index contributed by atoms with van der Waals surface area (Å²) in [5, 5.41) is 2.58. The molecule has 1 N–H and O–H groups in total. The average Bonchev–Trinajstić information content (AvgIpc) is 2.74. The van der Waals surface area contributed by atoms with Crippen LogP contribution < -0.4 is 5.32 Å². The molecule has 1 aliphatic heterocycles. The van der Waals surface area contributed by atoms with Crippen LogP contribution in [0.5, 0.6) is 0 Å². The molecule has 1 fully saturated rings. The summed E-state index contributed by atoms with van der Waals surface area (Å²) in [5.74, 6) is -1.21. The van der Waals surface area contributed by atoms with Crippen LogP contribution in [-0.4, -0.2) is 57.5 Å². The number of hydrogen-bond acceptors (Lipinski definition) is 6. The predicted octanol–water partition coefficient (Wildman–Crippen LogP) is 2.77. The molecule has 0 aromatic heterocycles. The Bertz CT molecular complexity index is 1100. The van der Waals surface area contributed by atoms with Crippen molar-refractivity contribution in [1.82, 2.24) is 4.31 Å². The SMILES string of the molecule is Cc1ccc(C(=O)OCC(=O)Nc2ccc(Cl)c(S(=O)(=O)N3CCOCC3)c2)c(C)c1. The molecule has 1 saturated heterocycles. The molecule has 31 heavy (non-hydrogen) atoms. The molecule has 166 valence electrons. The summed E-state index contributed by atoms with van der Waals surface area (Å²) in [5.41, 5.74) is 2.37. The first kappa shape index (κ1) is 23.2. The summed E-state index contributed by atoms with van der Waals surface area (Å²) in [6, 6.07) is 9.44. The molecule has 2 aromatic carbocycles. The maximum absolute atomic E-state index is 12.9. The van der Waals surface area contributed by atoms with E-state index >= 15 is 0 Å². The number of sulfonamides is 1. The molecular formula is C21H23ClN2O6S. The minimum absolute atomic E-state index is 0.0470. The van der Waals surface area contributed by atoms with Gasteiger partial charge in [-0.1, -0.05) is 29.3 Å². The van der Waals surface area contributed by atoms with Crippen LogP contribution in [0.3, 0.4) is 0 Å². The minimum Gasteiger partial charge on any atom is -0.452 e. The van der Waals surface area contributed by atoms with Gasteiger partial charge in [-0.25, -0.2) is 13.2 Å². The predicted molar refractivity (Wildman–Crippen MR) is 116 cm³/mol. The molecule has 1 heterocycles. The second kappa shape index (κ2) is 9.78. The zero-order valence-electron chi connectivity index (χ0n) is 17.2. The van der Waals surface area contributed by atoms with E-state index in [2.05, 4.69) is 5.32 Å². The lowest BCUT2D eigenvalue weighted by molar-refractivity contribution is -0.119. The molecule has 0 aliphatic carbocycles. The van der Waals surface area contributed by atoms with Crippen LogP contribution in [0.1, 0.15) is 21.5 Å². The highest BCUT2D eigenvalue weighted by Gasteiger charge is 2.28. The van der Waals surface area contributed by atoms with Gasteiger partial charge in [-0.2, -0.15) is 4.31 Å². The molecule has 0 atom stereocenters. The van der Waals surface area contributed by atoms with E-state index in [1.807, 2.05) is 13.0 Å². The van der Waals surface area contributed by atoms with Gasteiger partial charge in [0, 0.05) is 18.8 Å². The van der Waals surface area contributed by atoms with Crippen molar-refractivity contribution in [3.63, 3.8) is 0 Å². The fourth-order valence-electron chi connectivity index (χ4n) is 3.15. The largest absolute Gasteiger partial charge is 0.452 e. The van der Waals surface area contributed by atoms with Gasteiger partial charge in [0.2, 0.25) is 10.0 Å². The number of esters is 1. The Hall–Kier alpha value is -2.46. The quantitative estimate of drug-likeness (QED) is 0.657. The molecule has 0 unspecified atom stereocenters. The standard InChI is InChI=1S/C21H23ClN2O6S/c1-14-3-5-17(15(2)11-14)21(26)30-13-20(25)23-16-4-6-18(22)19(12-16)31(27,28)24-7-9-29-10-8-24/h3-6,11-12H,7-10,13H2,1-2H3,(H,23,25). The van der Waals surface area contributed by atoms with E-state index in [4.69, 9.17) is 21.1 Å². The van der Waals surface area contributed by atoms with Crippen LogP contribution in [-0.2, 0) is 24.3 Å². The van der Waals surface area contributed by atoms with E-state index in [-0.39, 0.29) is 28.7 Å².